The fourth-order valence-corrected chi connectivity index (χ4v) is 3.10. The minimum absolute atomic E-state index is 0.101. The Kier molecular flexibility index (Phi) is 3.69. The lowest BCUT2D eigenvalue weighted by Gasteiger charge is -2.21. The maximum Gasteiger partial charge on any atom is 0.344 e. The first-order valence-corrected chi connectivity index (χ1v) is 8.20. The maximum absolute atomic E-state index is 13.3. The number of carbonyl (C=O) groups excluding carboxylic acids is 3. The van der Waals surface area contributed by atoms with Crippen LogP contribution in [-0.4, -0.2) is 27.8 Å². The van der Waals surface area contributed by atoms with Crippen molar-refractivity contribution < 1.29 is 18.8 Å². The molecule has 1 aromatic heterocycles. The third-order valence-electron chi connectivity index (χ3n) is 4.58. The lowest BCUT2D eigenvalue weighted by atomic mass is 9.92. The molecule has 3 aromatic rings. The lowest BCUT2D eigenvalue weighted by molar-refractivity contribution is -0.132. The molecule has 0 saturated carbocycles. The van der Waals surface area contributed by atoms with E-state index in [1.165, 1.54) is 24.3 Å². The minimum Gasteiger partial charge on any atom is -0.350 e. The van der Waals surface area contributed by atoms with Crippen LogP contribution < -0.4 is 10.7 Å². The molecule has 0 aliphatic carbocycles. The fourth-order valence-electron chi connectivity index (χ4n) is 3.10. The zero-order valence-corrected chi connectivity index (χ0v) is 14.2. The summed E-state index contributed by atoms with van der Waals surface area (Å²) in [7, 11) is 0. The third kappa shape index (κ3) is 2.71. The Bertz CT molecular complexity index is 1080. The summed E-state index contributed by atoms with van der Waals surface area (Å²) in [6.07, 6.45) is 0. The van der Waals surface area contributed by atoms with Crippen LogP contribution in [0.25, 0.3) is 10.9 Å². The van der Waals surface area contributed by atoms with Crippen LogP contribution >= 0.6 is 0 Å². The van der Waals surface area contributed by atoms with Gasteiger partial charge < -0.3 is 10.3 Å². The highest BCUT2D eigenvalue weighted by molar-refractivity contribution is 6.09. The Morgan fingerprint density at radius 2 is 1.85 bits per heavy atom. The van der Waals surface area contributed by atoms with E-state index in [0.29, 0.717) is 21.5 Å². The summed E-state index contributed by atoms with van der Waals surface area (Å²) in [6.45, 7) is 1.57. The van der Waals surface area contributed by atoms with Crippen molar-refractivity contribution in [2.75, 3.05) is 0 Å². The first-order chi connectivity index (χ1) is 12.9. The second kappa shape index (κ2) is 5.94. The lowest BCUT2D eigenvalue weighted by Crippen LogP contribution is -2.48. The Morgan fingerprint density at radius 3 is 2.59 bits per heavy atom. The monoisotopic (exact) mass is 366 g/mol. The van der Waals surface area contributed by atoms with Crippen molar-refractivity contribution in [2.45, 2.75) is 12.5 Å². The van der Waals surface area contributed by atoms with Crippen molar-refractivity contribution in [3.8, 4) is 0 Å². The van der Waals surface area contributed by atoms with Gasteiger partial charge in [-0.3, -0.25) is 15.0 Å². The van der Waals surface area contributed by atoms with E-state index in [1.807, 2.05) is 0 Å². The van der Waals surface area contributed by atoms with Gasteiger partial charge in [-0.25, -0.2) is 9.18 Å². The Balaban J connectivity index is 1.59. The molecule has 7 nitrogen and oxygen atoms in total. The number of urea groups is 1. The predicted octanol–water partition coefficient (Wildman–Crippen LogP) is 2.42. The smallest absolute Gasteiger partial charge is 0.344 e. The molecule has 3 N–H and O–H groups in total. The first kappa shape index (κ1) is 16.8. The molecule has 0 bridgehead atoms. The number of imide groups is 1. The van der Waals surface area contributed by atoms with E-state index in [4.69, 9.17) is 0 Å². The van der Waals surface area contributed by atoms with Gasteiger partial charge in [-0.15, -0.1) is 0 Å². The highest BCUT2D eigenvalue weighted by Gasteiger charge is 2.50. The number of carbonyl (C=O) groups is 3. The molecule has 4 rings (SSSR count). The SMILES string of the molecule is CC1(c2ccccc2)NC(=O)N(NC(=O)c2cc3cc(F)ccc3[nH]2)C1=O. The summed E-state index contributed by atoms with van der Waals surface area (Å²) in [6, 6.07) is 13.5. The molecular weight excluding hydrogens is 351 g/mol. The van der Waals surface area contributed by atoms with E-state index in [1.54, 1.807) is 37.3 Å². The summed E-state index contributed by atoms with van der Waals surface area (Å²) >= 11 is 0. The van der Waals surface area contributed by atoms with Gasteiger partial charge in [0.2, 0.25) is 0 Å². The molecule has 1 aliphatic rings. The van der Waals surface area contributed by atoms with Gasteiger partial charge in [-0.1, -0.05) is 30.3 Å². The van der Waals surface area contributed by atoms with Gasteiger partial charge >= 0.3 is 6.03 Å². The number of hydrogen-bond acceptors (Lipinski definition) is 3. The second-order valence-electron chi connectivity index (χ2n) is 6.42. The van der Waals surface area contributed by atoms with Crippen LogP contribution in [0.15, 0.2) is 54.6 Å². The van der Waals surface area contributed by atoms with Crippen LogP contribution in [0.2, 0.25) is 0 Å². The van der Waals surface area contributed by atoms with Crippen LogP contribution in [0.5, 0.6) is 0 Å². The van der Waals surface area contributed by atoms with Crippen molar-refractivity contribution in [3.63, 3.8) is 0 Å². The van der Waals surface area contributed by atoms with E-state index in [2.05, 4.69) is 15.7 Å². The van der Waals surface area contributed by atoms with Gasteiger partial charge in [-0.05, 0) is 36.8 Å². The number of amides is 4. The summed E-state index contributed by atoms with van der Waals surface area (Å²) in [5.74, 6) is -1.72. The molecule has 1 saturated heterocycles. The zero-order chi connectivity index (χ0) is 19.2. The molecule has 0 radical (unpaired) electrons. The summed E-state index contributed by atoms with van der Waals surface area (Å²) in [4.78, 5) is 40.4. The average molecular weight is 366 g/mol. The second-order valence-corrected chi connectivity index (χ2v) is 6.42. The van der Waals surface area contributed by atoms with Gasteiger partial charge in [0.15, 0.2) is 0 Å². The number of fused-ring (bicyclic) bond motifs is 1. The molecule has 1 atom stereocenters. The molecule has 2 aromatic carbocycles. The predicted molar refractivity (Wildman–Crippen MR) is 94.9 cm³/mol. The zero-order valence-electron chi connectivity index (χ0n) is 14.2. The van der Waals surface area contributed by atoms with E-state index in [-0.39, 0.29) is 5.69 Å². The number of aromatic amines is 1. The van der Waals surface area contributed by atoms with Crippen molar-refractivity contribution in [2.24, 2.45) is 0 Å². The summed E-state index contributed by atoms with van der Waals surface area (Å²) < 4.78 is 13.3. The highest BCUT2D eigenvalue weighted by atomic mass is 19.1. The van der Waals surface area contributed by atoms with Crippen LogP contribution in [0, 0.1) is 5.82 Å². The first-order valence-electron chi connectivity index (χ1n) is 8.20. The number of aromatic nitrogens is 1. The minimum atomic E-state index is -1.28. The number of H-pyrrole nitrogens is 1. The van der Waals surface area contributed by atoms with Crippen molar-refractivity contribution in [1.29, 1.82) is 0 Å². The molecular formula is C19H15FN4O3. The van der Waals surface area contributed by atoms with Crippen LogP contribution in [0.3, 0.4) is 0 Å². The molecule has 27 heavy (non-hydrogen) atoms. The number of halogens is 1. The van der Waals surface area contributed by atoms with Gasteiger partial charge in [0.1, 0.15) is 17.1 Å². The van der Waals surface area contributed by atoms with Crippen LogP contribution in [0.4, 0.5) is 9.18 Å². The number of rotatable bonds is 3. The number of nitrogens with one attached hydrogen (secondary N) is 3. The maximum atomic E-state index is 13.3. The number of nitrogens with zero attached hydrogens (tertiary/aromatic N) is 1. The van der Waals surface area contributed by atoms with Gasteiger partial charge in [0.05, 0.1) is 0 Å². The summed E-state index contributed by atoms with van der Waals surface area (Å²) in [5.41, 5.74) is 2.28. The van der Waals surface area contributed by atoms with Crippen molar-refractivity contribution in [1.82, 2.24) is 20.7 Å². The number of hydrazine groups is 1. The molecule has 1 fully saturated rings. The van der Waals surface area contributed by atoms with Crippen molar-refractivity contribution in [3.05, 3.63) is 71.7 Å². The van der Waals surface area contributed by atoms with Crippen molar-refractivity contribution >= 4 is 28.7 Å². The quantitative estimate of drug-likeness (QED) is 0.622. The van der Waals surface area contributed by atoms with Gasteiger partial charge in [0.25, 0.3) is 11.8 Å². The Hall–Kier alpha value is -3.68. The van der Waals surface area contributed by atoms with E-state index < -0.39 is 29.2 Å². The number of benzene rings is 2. The molecule has 0 spiro atoms. The molecule has 2 heterocycles. The fraction of sp³-hybridized carbons (Fsp3) is 0.105. The normalized spacial score (nSPS) is 19.4. The highest BCUT2D eigenvalue weighted by Crippen LogP contribution is 2.27. The standard InChI is InChI=1S/C19H15FN4O3/c1-19(12-5-3-2-4-6-12)17(26)24(18(27)22-19)23-16(25)15-10-11-9-13(20)7-8-14(11)21-15/h2-10,21H,1H3,(H,22,27)(H,23,25). The Labute approximate surface area is 153 Å². The van der Waals surface area contributed by atoms with Crippen LogP contribution in [-0.2, 0) is 10.3 Å². The van der Waals surface area contributed by atoms with Crippen LogP contribution in [0.1, 0.15) is 23.0 Å². The molecule has 1 unspecified atom stereocenters. The third-order valence-corrected chi connectivity index (χ3v) is 4.58. The summed E-state index contributed by atoms with van der Waals surface area (Å²) in [5, 5.41) is 3.76. The molecule has 8 heteroatoms. The van der Waals surface area contributed by atoms with E-state index >= 15 is 0 Å². The average Bonchev–Trinajstić information content (AvgIpc) is 3.17. The molecule has 1 aliphatic heterocycles. The van der Waals surface area contributed by atoms with E-state index in [9.17, 15) is 18.8 Å². The van der Waals surface area contributed by atoms with E-state index in [0.717, 1.165) is 0 Å². The number of hydrogen-bond donors (Lipinski definition) is 3. The topological polar surface area (TPSA) is 94.3 Å². The largest absolute Gasteiger partial charge is 0.350 e. The molecule has 136 valence electrons. The molecule has 4 amide bonds. The Morgan fingerprint density at radius 1 is 1.11 bits per heavy atom. The van der Waals surface area contributed by atoms with Gasteiger partial charge in [0, 0.05) is 10.9 Å². The van der Waals surface area contributed by atoms with Gasteiger partial charge in [-0.2, -0.15) is 5.01 Å².